The molecule has 1 fully saturated rings. The van der Waals surface area contributed by atoms with Crippen molar-refractivity contribution in [2.75, 3.05) is 5.32 Å². The molecule has 0 heterocycles. The van der Waals surface area contributed by atoms with Crippen LogP contribution in [-0.4, -0.2) is 6.04 Å². The summed E-state index contributed by atoms with van der Waals surface area (Å²) in [5, 5.41) is 3.46. The van der Waals surface area contributed by atoms with Crippen molar-refractivity contribution < 1.29 is 0 Å². The van der Waals surface area contributed by atoms with E-state index >= 15 is 0 Å². The van der Waals surface area contributed by atoms with Crippen LogP contribution in [0.1, 0.15) is 18.4 Å². The summed E-state index contributed by atoms with van der Waals surface area (Å²) in [6.45, 7) is 2.12. The van der Waals surface area contributed by atoms with Gasteiger partial charge in [-0.05, 0) is 37.5 Å². The van der Waals surface area contributed by atoms with E-state index in [1.807, 2.05) is 0 Å². The predicted molar refractivity (Wildman–Crippen MR) is 47.8 cm³/mol. The molecule has 0 amide bonds. The third kappa shape index (κ3) is 1.73. The van der Waals surface area contributed by atoms with Crippen LogP contribution in [-0.2, 0) is 0 Å². The van der Waals surface area contributed by atoms with Crippen LogP contribution in [0, 0.1) is 6.92 Å². The van der Waals surface area contributed by atoms with Crippen LogP contribution in [0.4, 0.5) is 5.69 Å². The molecule has 0 unspecified atom stereocenters. The summed E-state index contributed by atoms with van der Waals surface area (Å²) in [5.74, 6) is 0. The lowest BCUT2D eigenvalue weighted by molar-refractivity contribution is 1.15. The minimum absolute atomic E-state index is 0.761. The molecule has 1 nitrogen and oxygen atoms in total. The van der Waals surface area contributed by atoms with Crippen molar-refractivity contribution in [2.24, 2.45) is 0 Å². The highest BCUT2D eigenvalue weighted by Gasteiger charge is 2.20. The van der Waals surface area contributed by atoms with Gasteiger partial charge in [-0.15, -0.1) is 0 Å². The first-order chi connectivity index (χ1) is 5.34. The van der Waals surface area contributed by atoms with Crippen molar-refractivity contribution in [3.63, 3.8) is 0 Å². The second-order valence-electron chi connectivity index (χ2n) is 3.29. The summed E-state index contributed by atoms with van der Waals surface area (Å²) in [6, 6.07) is 9.30. The highest BCUT2D eigenvalue weighted by Crippen LogP contribution is 2.24. The van der Waals surface area contributed by atoms with Gasteiger partial charge in [-0.2, -0.15) is 0 Å². The van der Waals surface area contributed by atoms with Gasteiger partial charge in [-0.25, -0.2) is 0 Å². The van der Waals surface area contributed by atoms with E-state index in [1.165, 1.54) is 24.1 Å². The Bertz CT molecular complexity index is 251. The van der Waals surface area contributed by atoms with E-state index in [0.29, 0.717) is 0 Å². The van der Waals surface area contributed by atoms with Gasteiger partial charge < -0.3 is 5.32 Å². The van der Waals surface area contributed by atoms with Crippen LogP contribution in [0.25, 0.3) is 0 Å². The van der Waals surface area contributed by atoms with Crippen molar-refractivity contribution in [3.05, 3.63) is 29.8 Å². The standard InChI is InChI=1S/C10H13N/c1-8-3-2-4-10(7-8)11-9-5-6-9/h2-4,7,9,11H,5-6H2,1H3. The average molecular weight is 147 g/mol. The molecule has 1 heteroatoms. The molecule has 0 aromatic heterocycles. The Morgan fingerprint density at radius 1 is 1.36 bits per heavy atom. The van der Waals surface area contributed by atoms with Gasteiger partial charge in [-0.1, -0.05) is 12.1 Å². The summed E-state index contributed by atoms with van der Waals surface area (Å²) in [7, 11) is 0. The minimum atomic E-state index is 0.761. The summed E-state index contributed by atoms with van der Waals surface area (Å²) < 4.78 is 0. The zero-order valence-electron chi connectivity index (χ0n) is 6.80. The van der Waals surface area contributed by atoms with Gasteiger partial charge in [0.2, 0.25) is 0 Å². The summed E-state index contributed by atoms with van der Waals surface area (Å²) in [4.78, 5) is 0. The Morgan fingerprint density at radius 3 is 2.82 bits per heavy atom. The van der Waals surface area contributed by atoms with E-state index in [2.05, 4.69) is 36.5 Å². The smallest absolute Gasteiger partial charge is 0.0344 e. The second kappa shape index (κ2) is 2.57. The molecule has 0 atom stereocenters. The molecule has 0 saturated heterocycles. The lowest BCUT2D eigenvalue weighted by Gasteiger charge is -2.03. The largest absolute Gasteiger partial charge is 0.382 e. The molecular formula is C10H13N. The Morgan fingerprint density at radius 2 is 2.18 bits per heavy atom. The molecule has 0 spiro atoms. The molecule has 1 saturated carbocycles. The van der Waals surface area contributed by atoms with Crippen molar-refractivity contribution in [1.82, 2.24) is 0 Å². The van der Waals surface area contributed by atoms with E-state index in [9.17, 15) is 0 Å². The van der Waals surface area contributed by atoms with Gasteiger partial charge >= 0.3 is 0 Å². The van der Waals surface area contributed by atoms with Crippen LogP contribution in [0.15, 0.2) is 24.3 Å². The normalized spacial score (nSPS) is 16.5. The zero-order chi connectivity index (χ0) is 7.68. The number of rotatable bonds is 2. The third-order valence-corrected chi connectivity index (χ3v) is 1.97. The molecule has 58 valence electrons. The lowest BCUT2D eigenvalue weighted by atomic mass is 10.2. The molecule has 2 rings (SSSR count). The first kappa shape index (κ1) is 6.71. The fraction of sp³-hybridized carbons (Fsp3) is 0.400. The van der Waals surface area contributed by atoms with Crippen molar-refractivity contribution in [1.29, 1.82) is 0 Å². The Hall–Kier alpha value is -0.980. The molecule has 0 bridgehead atoms. The molecule has 1 aromatic carbocycles. The molecule has 11 heavy (non-hydrogen) atoms. The third-order valence-electron chi connectivity index (χ3n) is 1.97. The molecule has 0 radical (unpaired) electrons. The van der Waals surface area contributed by atoms with Gasteiger partial charge in [0.1, 0.15) is 0 Å². The lowest BCUT2D eigenvalue weighted by Crippen LogP contribution is -2.00. The van der Waals surface area contributed by atoms with Crippen molar-refractivity contribution in [3.8, 4) is 0 Å². The maximum Gasteiger partial charge on any atom is 0.0344 e. The van der Waals surface area contributed by atoms with Crippen LogP contribution >= 0.6 is 0 Å². The van der Waals surface area contributed by atoms with Crippen LogP contribution in [0.2, 0.25) is 0 Å². The monoisotopic (exact) mass is 147 g/mol. The fourth-order valence-corrected chi connectivity index (χ4v) is 1.20. The van der Waals surface area contributed by atoms with Crippen molar-refractivity contribution >= 4 is 5.69 Å². The highest BCUT2D eigenvalue weighted by atomic mass is 14.9. The number of anilines is 1. The van der Waals surface area contributed by atoms with E-state index in [1.54, 1.807) is 0 Å². The first-order valence-electron chi connectivity index (χ1n) is 4.18. The van der Waals surface area contributed by atoms with E-state index in [4.69, 9.17) is 0 Å². The number of benzene rings is 1. The zero-order valence-corrected chi connectivity index (χ0v) is 6.80. The van der Waals surface area contributed by atoms with Crippen molar-refractivity contribution in [2.45, 2.75) is 25.8 Å². The van der Waals surface area contributed by atoms with Gasteiger partial charge in [0.15, 0.2) is 0 Å². The maximum atomic E-state index is 3.46. The fourth-order valence-electron chi connectivity index (χ4n) is 1.20. The number of aryl methyl sites for hydroxylation is 1. The van der Waals surface area contributed by atoms with E-state index < -0.39 is 0 Å². The highest BCUT2D eigenvalue weighted by molar-refractivity contribution is 5.47. The quantitative estimate of drug-likeness (QED) is 0.678. The molecule has 1 aliphatic carbocycles. The van der Waals surface area contributed by atoms with Crippen LogP contribution < -0.4 is 5.32 Å². The molecule has 1 aliphatic rings. The topological polar surface area (TPSA) is 12.0 Å². The summed E-state index contributed by atoms with van der Waals surface area (Å²) >= 11 is 0. The van der Waals surface area contributed by atoms with Crippen LogP contribution in [0.3, 0.4) is 0 Å². The molecule has 1 N–H and O–H groups in total. The predicted octanol–water partition coefficient (Wildman–Crippen LogP) is 2.57. The minimum Gasteiger partial charge on any atom is -0.382 e. The van der Waals surface area contributed by atoms with E-state index in [0.717, 1.165) is 6.04 Å². The number of hydrogen-bond donors (Lipinski definition) is 1. The SMILES string of the molecule is Cc1cccc(NC2CC2)c1. The second-order valence-corrected chi connectivity index (χ2v) is 3.29. The average Bonchev–Trinajstić information content (AvgIpc) is 2.71. The summed E-state index contributed by atoms with van der Waals surface area (Å²) in [6.07, 6.45) is 2.68. The first-order valence-corrected chi connectivity index (χ1v) is 4.18. The molecular weight excluding hydrogens is 134 g/mol. The Kier molecular flexibility index (Phi) is 1.57. The number of hydrogen-bond acceptors (Lipinski definition) is 1. The van der Waals surface area contributed by atoms with Crippen LogP contribution in [0.5, 0.6) is 0 Å². The maximum absolute atomic E-state index is 3.46. The summed E-state index contributed by atoms with van der Waals surface area (Å²) in [5.41, 5.74) is 2.60. The van der Waals surface area contributed by atoms with Gasteiger partial charge in [0.25, 0.3) is 0 Å². The van der Waals surface area contributed by atoms with E-state index in [-0.39, 0.29) is 0 Å². The van der Waals surface area contributed by atoms with Gasteiger partial charge in [0, 0.05) is 11.7 Å². The Balaban J connectivity index is 2.10. The molecule has 1 aromatic rings. The molecule has 0 aliphatic heterocycles. The number of nitrogens with one attached hydrogen (secondary N) is 1. The van der Waals surface area contributed by atoms with Gasteiger partial charge in [0.05, 0.1) is 0 Å². The Labute approximate surface area is 67.4 Å². The van der Waals surface area contributed by atoms with Gasteiger partial charge in [-0.3, -0.25) is 0 Å².